The summed E-state index contributed by atoms with van der Waals surface area (Å²) in [5.74, 6) is -3.59. The summed E-state index contributed by atoms with van der Waals surface area (Å²) in [4.78, 5) is 26.2. The molecule has 1 saturated heterocycles. The Bertz CT molecular complexity index is 1120. The van der Waals surface area contributed by atoms with Crippen LogP contribution in [0.5, 0.6) is 5.75 Å². The largest absolute Gasteiger partial charge is 0.497 e. The van der Waals surface area contributed by atoms with Gasteiger partial charge in [0.25, 0.3) is 0 Å². The van der Waals surface area contributed by atoms with Crippen molar-refractivity contribution in [2.24, 2.45) is 0 Å². The standard InChI is InChI=1S/C28H34O10/c1-26(33-4)27(2,34-5)38-23-21(36-24(29)19-9-7-6-8-10-19)15-28(31,16-22(23)37-26)25(30)35-17-18-11-13-20(32-3)14-12-18/h6-14,21-23,31H,15-17H2,1-5H3/t21-,22?,23?,26+,27+,28+/m1/s1. The zero-order valence-corrected chi connectivity index (χ0v) is 22.2. The Morgan fingerprint density at radius 3 is 2.16 bits per heavy atom. The van der Waals surface area contributed by atoms with Crippen molar-refractivity contribution in [3.8, 4) is 5.75 Å². The van der Waals surface area contributed by atoms with Crippen molar-refractivity contribution in [3.05, 3.63) is 65.7 Å². The van der Waals surface area contributed by atoms with Crippen LogP contribution in [0.15, 0.2) is 54.6 Å². The van der Waals surface area contributed by atoms with Gasteiger partial charge in [0.2, 0.25) is 11.6 Å². The highest BCUT2D eigenvalue weighted by atomic mass is 16.8. The van der Waals surface area contributed by atoms with Gasteiger partial charge in [0.1, 0.15) is 24.6 Å². The van der Waals surface area contributed by atoms with Gasteiger partial charge in [-0.1, -0.05) is 30.3 Å². The molecule has 38 heavy (non-hydrogen) atoms. The second kappa shape index (κ2) is 11.0. The van der Waals surface area contributed by atoms with Gasteiger partial charge in [0, 0.05) is 27.1 Å². The Hall–Kier alpha value is -3.02. The molecule has 0 spiro atoms. The number of fused-ring (bicyclic) bond motifs is 1. The van der Waals surface area contributed by atoms with Gasteiger partial charge >= 0.3 is 11.9 Å². The fourth-order valence-electron chi connectivity index (χ4n) is 4.77. The number of rotatable bonds is 8. The Labute approximate surface area is 221 Å². The van der Waals surface area contributed by atoms with Crippen molar-refractivity contribution in [3.63, 3.8) is 0 Å². The van der Waals surface area contributed by atoms with E-state index < -0.39 is 47.4 Å². The van der Waals surface area contributed by atoms with Gasteiger partial charge in [-0.3, -0.25) is 0 Å². The number of esters is 2. The molecule has 1 aliphatic carbocycles. The molecule has 2 unspecified atom stereocenters. The molecule has 10 heteroatoms. The first-order chi connectivity index (χ1) is 18.1. The molecule has 10 nitrogen and oxygen atoms in total. The van der Waals surface area contributed by atoms with E-state index in [0.29, 0.717) is 16.9 Å². The highest BCUT2D eigenvalue weighted by Crippen LogP contribution is 2.46. The van der Waals surface area contributed by atoms with Crippen LogP contribution < -0.4 is 4.74 Å². The van der Waals surface area contributed by atoms with E-state index in [-0.39, 0.29) is 19.4 Å². The molecular weight excluding hydrogens is 496 g/mol. The summed E-state index contributed by atoms with van der Waals surface area (Å²) in [7, 11) is 4.44. The van der Waals surface area contributed by atoms with E-state index >= 15 is 0 Å². The van der Waals surface area contributed by atoms with Gasteiger partial charge in [-0.25, -0.2) is 9.59 Å². The molecule has 1 N–H and O–H groups in total. The maximum atomic E-state index is 13.2. The normalized spacial score (nSPS) is 32.6. The van der Waals surface area contributed by atoms with Crippen molar-refractivity contribution in [2.75, 3.05) is 21.3 Å². The van der Waals surface area contributed by atoms with Crippen molar-refractivity contribution < 1.29 is 47.9 Å². The summed E-state index contributed by atoms with van der Waals surface area (Å²) < 4.78 is 40.1. The first-order valence-corrected chi connectivity index (χ1v) is 12.3. The summed E-state index contributed by atoms with van der Waals surface area (Å²) in [6.45, 7) is 3.21. The zero-order valence-electron chi connectivity index (χ0n) is 22.2. The quantitative estimate of drug-likeness (QED) is 0.510. The van der Waals surface area contributed by atoms with Gasteiger partial charge < -0.3 is 38.3 Å². The van der Waals surface area contributed by atoms with Crippen LogP contribution in [0.4, 0.5) is 0 Å². The van der Waals surface area contributed by atoms with Gasteiger partial charge in [-0.15, -0.1) is 0 Å². The van der Waals surface area contributed by atoms with Crippen molar-refractivity contribution >= 4 is 11.9 Å². The molecule has 1 heterocycles. The number of hydrogen-bond donors (Lipinski definition) is 1. The molecule has 2 aromatic carbocycles. The van der Waals surface area contributed by atoms with Gasteiger partial charge in [-0.2, -0.15) is 0 Å². The second-order valence-corrected chi connectivity index (χ2v) is 9.71. The molecule has 1 aliphatic heterocycles. The molecule has 0 aromatic heterocycles. The summed E-state index contributed by atoms with van der Waals surface area (Å²) in [5, 5.41) is 11.5. The average Bonchev–Trinajstić information content (AvgIpc) is 2.93. The van der Waals surface area contributed by atoms with Crippen LogP contribution in [0, 0.1) is 0 Å². The number of methoxy groups -OCH3 is 3. The van der Waals surface area contributed by atoms with E-state index in [1.165, 1.54) is 14.2 Å². The summed E-state index contributed by atoms with van der Waals surface area (Å²) in [6.07, 6.45) is -3.23. The van der Waals surface area contributed by atoms with E-state index in [1.807, 2.05) is 0 Å². The third kappa shape index (κ3) is 5.41. The van der Waals surface area contributed by atoms with Crippen LogP contribution in [-0.4, -0.2) is 73.9 Å². The topological polar surface area (TPSA) is 119 Å². The van der Waals surface area contributed by atoms with Crippen molar-refractivity contribution in [1.82, 2.24) is 0 Å². The lowest BCUT2D eigenvalue weighted by atomic mass is 9.78. The first-order valence-electron chi connectivity index (χ1n) is 12.3. The average molecular weight is 531 g/mol. The molecule has 4 rings (SSSR count). The van der Waals surface area contributed by atoms with E-state index in [2.05, 4.69) is 0 Å². The molecule has 6 atom stereocenters. The number of carbonyl (C=O) groups is 2. The molecular formula is C28H34O10. The van der Waals surface area contributed by atoms with Gasteiger partial charge in [-0.05, 0) is 43.7 Å². The van der Waals surface area contributed by atoms with Crippen LogP contribution in [0.25, 0.3) is 0 Å². The van der Waals surface area contributed by atoms with Crippen molar-refractivity contribution in [1.29, 1.82) is 0 Å². The minimum atomic E-state index is -2.02. The lowest BCUT2D eigenvalue weighted by molar-refractivity contribution is -0.460. The number of ether oxygens (including phenoxy) is 7. The lowest BCUT2D eigenvalue weighted by Gasteiger charge is -2.56. The van der Waals surface area contributed by atoms with Crippen LogP contribution in [0.2, 0.25) is 0 Å². The number of hydrogen-bond acceptors (Lipinski definition) is 10. The van der Waals surface area contributed by atoms with Crippen LogP contribution >= 0.6 is 0 Å². The maximum absolute atomic E-state index is 13.2. The fourth-order valence-corrected chi connectivity index (χ4v) is 4.77. The highest BCUT2D eigenvalue weighted by molar-refractivity contribution is 5.89. The molecule has 206 valence electrons. The maximum Gasteiger partial charge on any atom is 0.338 e. The van der Waals surface area contributed by atoms with Crippen LogP contribution in [0.3, 0.4) is 0 Å². The minimum Gasteiger partial charge on any atom is -0.497 e. The van der Waals surface area contributed by atoms with Crippen LogP contribution in [0.1, 0.15) is 42.6 Å². The Balaban J connectivity index is 1.58. The highest BCUT2D eigenvalue weighted by Gasteiger charge is 2.63. The van der Waals surface area contributed by atoms with Gasteiger partial charge in [0.05, 0.1) is 18.8 Å². The fraction of sp³-hybridized carbons (Fsp3) is 0.500. The van der Waals surface area contributed by atoms with E-state index in [4.69, 9.17) is 33.2 Å². The second-order valence-electron chi connectivity index (χ2n) is 9.71. The van der Waals surface area contributed by atoms with Gasteiger partial charge in [0.15, 0.2) is 5.60 Å². The first kappa shape index (κ1) is 28.0. The van der Waals surface area contributed by atoms with Crippen molar-refractivity contribution in [2.45, 2.75) is 68.8 Å². The van der Waals surface area contributed by atoms with Crippen LogP contribution in [-0.2, 0) is 39.8 Å². The third-order valence-corrected chi connectivity index (χ3v) is 7.33. The predicted octanol–water partition coefficient (Wildman–Crippen LogP) is 3.00. The molecule has 2 aromatic rings. The monoisotopic (exact) mass is 530 g/mol. The van der Waals surface area contributed by atoms with E-state index in [1.54, 1.807) is 75.6 Å². The zero-order chi connectivity index (χ0) is 27.6. The number of carbonyl (C=O) groups excluding carboxylic acids is 2. The molecule has 2 fully saturated rings. The Morgan fingerprint density at radius 2 is 1.55 bits per heavy atom. The summed E-state index contributed by atoms with van der Waals surface area (Å²) >= 11 is 0. The predicted molar refractivity (Wildman–Crippen MR) is 133 cm³/mol. The molecule has 0 bridgehead atoms. The molecule has 0 amide bonds. The summed E-state index contributed by atoms with van der Waals surface area (Å²) in [5.41, 5.74) is -0.995. The number of benzene rings is 2. The third-order valence-electron chi connectivity index (χ3n) is 7.33. The van der Waals surface area contributed by atoms with E-state index in [0.717, 1.165) is 0 Å². The minimum absolute atomic E-state index is 0.0669. The molecule has 2 aliphatic rings. The number of aliphatic hydroxyl groups is 1. The smallest absolute Gasteiger partial charge is 0.338 e. The van der Waals surface area contributed by atoms with E-state index in [9.17, 15) is 14.7 Å². The summed E-state index contributed by atoms with van der Waals surface area (Å²) in [6, 6.07) is 15.4. The Morgan fingerprint density at radius 1 is 0.921 bits per heavy atom. The molecule has 0 radical (unpaired) electrons. The lowest BCUT2D eigenvalue weighted by Crippen LogP contribution is -2.71. The molecule has 1 saturated carbocycles. The SMILES string of the molecule is COc1ccc(COC(=O)[C@@]2(O)CC3O[C@](C)(OC)[C@@](C)(OC)OC3[C@H](OC(=O)c3ccccc3)C2)cc1. The Kier molecular flexibility index (Phi) is 8.10.